The molecule has 0 spiro atoms. The number of morpholine rings is 1. The van der Waals surface area contributed by atoms with Crippen LogP contribution in [0.25, 0.3) is 0 Å². The third-order valence-corrected chi connectivity index (χ3v) is 2.95. The Hall–Kier alpha value is -1.13. The molecule has 4 nitrogen and oxygen atoms in total. The average molecular weight is 236 g/mol. The Morgan fingerprint density at radius 2 is 2.12 bits per heavy atom. The van der Waals surface area contributed by atoms with E-state index >= 15 is 0 Å². The molecule has 0 bridgehead atoms. The molecule has 2 heterocycles. The van der Waals surface area contributed by atoms with Gasteiger partial charge in [0.2, 0.25) is 0 Å². The van der Waals surface area contributed by atoms with Gasteiger partial charge in [-0.2, -0.15) is 0 Å². The van der Waals surface area contributed by atoms with E-state index in [1.54, 1.807) is 0 Å². The molecule has 1 aromatic heterocycles. The fourth-order valence-corrected chi connectivity index (χ4v) is 2.06. The average Bonchev–Trinajstić information content (AvgIpc) is 2.40. The zero-order chi connectivity index (χ0) is 12.1. The van der Waals surface area contributed by atoms with Gasteiger partial charge in [-0.05, 0) is 24.1 Å². The van der Waals surface area contributed by atoms with Crippen LogP contribution in [0.4, 0.5) is 5.82 Å². The SMILES string of the molecule is CCCc1cc(CO)cc(N2CCOCC2)n1. The zero-order valence-electron chi connectivity index (χ0n) is 10.4. The van der Waals surface area contributed by atoms with E-state index in [0.717, 1.165) is 56.2 Å². The minimum atomic E-state index is 0.0799. The quantitative estimate of drug-likeness (QED) is 0.857. The van der Waals surface area contributed by atoms with Crippen LogP contribution in [0.1, 0.15) is 24.6 Å². The summed E-state index contributed by atoms with van der Waals surface area (Å²) in [4.78, 5) is 6.88. The fourth-order valence-electron chi connectivity index (χ4n) is 2.06. The first-order chi connectivity index (χ1) is 8.33. The lowest BCUT2D eigenvalue weighted by atomic mass is 10.1. The van der Waals surface area contributed by atoms with Gasteiger partial charge in [-0.15, -0.1) is 0 Å². The largest absolute Gasteiger partial charge is 0.392 e. The van der Waals surface area contributed by atoms with Crippen molar-refractivity contribution in [3.8, 4) is 0 Å². The van der Waals surface area contributed by atoms with Crippen molar-refractivity contribution in [3.63, 3.8) is 0 Å². The molecule has 17 heavy (non-hydrogen) atoms. The molecule has 1 aromatic rings. The summed E-state index contributed by atoms with van der Waals surface area (Å²) in [6.45, 7) is 5.50. The van der Waals surface area contributed by atoms with Gasteiger partial charge < -0.3 is 14.7 Å². The van der Waals surface area contributed by atoms with Crippen LogP contribution < -0.4 is 4.90 Å². The lowest BCUT2D eigenvalue weighted by molar-refractivity contribution is 0.122. The highest BCUT2D eigenvalue weighted by Gasteiger charge is 2.13. The number of nitrogens with zero attached hydrogens (tertiary/aromatic N) is 2. The number of aliphatic hydroxyl groups excluding tert-OH is 1. The third-order valence-electron chi connectivity index (χ3n) is 2.95. The van der Waals surface area contributed by atoms with Crippen molar-refractivity contribution in [2.75, 3.05) is 31.2 Å². The Balaban J connectivity index is 2.21. The first kappa shape index (κ1) is 12.3. The lowest BCUT2D eigenvalue weighted by Gasteiger charge is -2.28. The summed E-state index contributed by atoms with van der Waals surface area (Å²) in [5, 5.41) is 9.28. The van der Waals surface area contributed by atoms with Gasteiger partial charge in [0.15, 0.2) is 0 Å². The minimum absolute atomic E-state index is 0.0799. The first-order valence-corrected chi connectivity index (χ1v) is 6.27. The highest BCUT2D eigenvalue weighted by molar-refractivity contribution is 5.43. The summed E-state index contributed by atoms with van der Waals surface area (Å²) in [5.74, 6) is 0.975. The Bertz CT molecular complexity index is 362. The Morgan fingerprint density at radius 1 is 1.35 bits per heavy atom. The summed E-state index contributed by atoms with van der Waals surface area (Å²) in [7, 11) is 0. The molecular weight excluding hydrogens is 216 g/mol. The Kier molecular flexibility index (Phi) is 4.34. The van der Waals surface area contributed by atoms with E-state index in [0.29, 0.717) is 0 Å². The summed E-state index contributed by atoms with van der Waals surface area (Å²) in [5.41, 5.74) is 2.02. The van der Waals surface area contributed by atoms with Crippen LogP contribution in [0.3, 0.4) is 0 Å². The fraction of sp³-hybridized carbons (Fsp3) is 0.615. The monoisotopic (exact) mass is 236 g/mol. The molecule has 1 aliphatic heterocycles. The number of hydrogen-bond donors (Lipinski definition) is 1. The second-order valence-corrected chi connectivity index (χ2v) is 4.33. The van der Waals surface area contributed by atoms with Gasteiger partial charge in [-0.25, -0.2) is 4.98 Å². The van der Waals surface area contributed by atoms with E-state index in [9.17, 15) is 5.11 Å². The zero-order valence-corrected chi connectivity index (χ0v) is 10.4. The number of aliphatic hydroxyl groups is 1. The Morgan fingerprint density at radius 3 is 2.76 bits per heavy atom. The van der Waals surface area contributed by atoms with E-state index < -0.39 is 0 Å². The normalized spacial score (nSPS) is 16.2. The van der Waals surface area contributed by atoms with Crippen molar-refractivity contribution in [2.24, 2.45) is 0 Å². The van der Waals surface area contributed by atoms with E-state index in [2.05, 4.69) is 16.8 Å². The maximum atomic E-state index is 9.28. The minimum Gasteiger partial charge on any atom is -0.392 e. The molecular formula is C13H20N2O2. The second kappa shape index (κ2) is 5.98. The number of ether oxygens (including phenoxy) is 1. The van der Waals surface area contributed by atoms with Crippen LogP contribution in [0, 0.1) is 0 Å². The highest BCUT2D eigenvalue weighted by Crippen LogP contribution is 2.17. The molecule has 0 saturated carbocycles. The molecule has 2 rings (SSSR count). The van der Waals surface area contributed by atoms with E-state index in [-0.39, 0.29) is 6.61 Å². The van der Waals surface area contributed by atoms with Crippen LogP contribution >= 0.6 is 0 Å². The van der Waals surface area contributed by atoms with Crippen LogP contribution in [-0.2, 0) is 17.8 Å². The molecule has 1 N–H and O–H groups in total. The second-order valence-electron chi connectivity index (χ2n) is 4.33. The van der Waals surface area contributed by atoms with Gasteiger partial charge in [-0.3, -0.25) is 0 Å². The molecule has 0 unspecified atom stereocenters. The summed E-state index contributed by atoms with van der Waals surface area (Å²) < 4.78 is 5.34. The van der Waals surface area contributed by atoms with Crippen molar-refractivity contribution < 1.29 is 9.84 Å². The number of pyridine rings is 1. The van der Waals surface area contributed by atoms with Gasteiger partial charge >= 0.3 is 0 Å². The van der Waals surface area contributed by atoms with Gasteiger partial charge in [0.25, 0.3) is 0 Å². The van der Waals surface area contributed by atoms with Crippen LogP contribution in [0.5, 0.6) is 0 Å². The van der Waals surface area contributed by atoms with E-state index in [4.69, 9.17) is 4.74 Å². The molecule has 1 fully saturated rings. The van der Waals surface area contributed by atoms with E-state index in [1.165, 1.54) is 0 Å². The topological polar surface area (TPSA) is 45.6 Å². The maximum Gasteiger partial charge on any atom is 0.129 e. The highest BCUT2D eigenvalue weighted by atomic mass is 16.5. The molecule has 4 heteroatoms. The number of rotatable bonds is 4. The predicted octanol–water partition coefficient (Wildman–Crippen LogP) is 1.36. The Labute approximate surface area is 102 Å². The number of hydrogen-bond acceptors (Lipinski definition) is 4. The van der Waals surface area contributed by atoms with Gasteiger partial charge in [-0.1, -0.05) is 13.3 Å². The molecule has 0 radical (unpaired) electrons. The van der Waals surface area contributed by atoms with Gasteiger partial charge in [0.05, 0.1) is 19.8 Å². The van der Waals surface area contributed by atoms with Crippen molar-refractivity contribution >= 4 is 5.82 Å². The molecule has 94 valence electrons. The standard InChI is InChI=1S/C13H20N2O2/c1-2-3-12-8-11(10-16)9-13(14-12)15-4-6-17-7-5-15/h8-9,16H,2-7,10H2,1H3. The maximum absolute atomic E-state index is 9.28. The van der Waals surface area contributed by atoms with Crippen molar-refractivity contribution in [1.29, 1.82) is 0 Å². The molecule has 0 aromatic carbocycles. The van der Waals surface area contributed by atoms with E-state index in [1.807, 2.05) is 12.1 Å². The first-order valence-electron chi connectivity index (χ1n) is 6.27. The molecule has 0 aliphatic carbocycles. The van der Waals surface area contributed by atoms with Crippen molar-refractivity contribution in [3.05, 3.63) is 23.4 Å². The smallest absolute Gasteiger partial charge is 0.129 e. The molecule has 1 saturated heterocycles. The number of aromatic nitrogens is 1. The third kappa shape index (κ3) is 3.17. The summed E-state index contributed by atoms with van der Waals surface area (Å²) in [6.07, 6.45) is 2.04. The molecule has 1 aliphatic rings. The van der Waals surface area contributed by atoms with Crippen molar-refractivity contribution in [1.82, 2.24) is 4.98 Å². The van der Waals surface area contributed by atoms with Crippen LogP contribution in [0.15, 0.2) is 12.1 Å². The molecule has 0 amide bonds. The van der Waals surface area contributed by atoms with Crippen LogP contribution in [0.2, 0.25) is 0 Å². The molecule has 0 atom stereocenters. The summed E-state index contributed by atoms with van der Waals surface area (Å²) in [6, 6.07) is 3.97. The van der Waals surface area contributed by atoms with Gasteiger partial charge in [0.1, 0.15) is 5.82 Å². The lowest BCUT2D eigenvalue weighted by Crippen LogP contribution is -2.36. The summed E-state index contributed by atoms with van der Waals surface area (Å²) >= 11 is 0. The van der Waals surface area contributed by atoms with Crippen molar-refractivity contribution in [2.45, 2.75) is 26.4 Å². The number of anilines is 1. The van der Waals surface area contributed by atoms with Gasteiger partial charge in [0, 0.05) is 18.8 Å². The number of aryl methyl sites for hydroxylation is 1. The predicted molar refractivity (Wildman–Crippen MR) is 67.2 cm³/mol. The van der Waals surface area contributed by atoms with Crippen LogP contribution in [-0.4, -0.2) is 36.4 Å².